The average Bonchev–Trinajstić information content (AvgIpc) is 3.31. The Morgan fingerprint density at radius 3 is 2.64 bits per heavy atom. The average molecular weight is 527 g/mol. The summed E-state index contributed by atoms with van der Waals surface area (Å²) in [7, 11) is 2.12. The first kappa shape index (κ1) is 24.8. The zero-order valence-electron chi connectivity index (χ0n) is 19.9. The zero-order chi connectivity index (χ0) is 25.2. The van der Waals surface area contributed by atoms with Crippen LogP contribution in [-0.4, -0.2) is 35.0 Å². The molecule has 0 bridgehead atoms. The molecule has 0 amide bonds. The van der Waals surface area contributed by atoms with Crippen LogP contribution in [0.2, 0.25) is 0 Å². The topological polar surface area (TPSA) is 41.1 Å². The highest BCUT2D eigenvalue weighted by molar-refractivity contribution is 8.00. The molecule has 0 saturated carbocycles. The van der Waals surface area contributed by atoms with Crippen molar-refractivity contribution in [2.75, 3.05) is 24.9 Å². The smallest absolute Gasteiger partial charge is 0.156 e. The molecule has 36 heavy (non-hydrogen) atoms. The molecule has 4 nitrogen and oxygen atoms in total. The number of piperidine rings is 1. The van der Waals surface area contributed by atoms with Crippen LogP contribution in [0.4, 0.5) is 18.9 Å². The van der Waals surface area contributed by atoms with Crippen molar-refractivity contribution >= 4 is 29.0 Å². The molecule has 2 aromatic carbocycles. The van der Waals surface area contributed by atoms with Gasteiger partial charge in [0.1, 0.15) is 11.6 Å². The predicted molar refractivity (Wildman–Crippen MR) is 141 cm³/mol. The number of hydrogen-bond donors (Lipinski definition) is 1. The third-order valence-electron chi connectivity index (χ3n) is 6.29. The molecule has 0 spiro atoms. The third kappa shape index (κ3) is 5.28. The number of thiazole rings is 1. The Bertz CT molecular complexity index is 1380. The maximum atomic E-state index is 15.8. The van der Waals surface area contributed by atoms with Gasteiger partial charge in [-0.2, -0.15) is 0 Å². The first-order valence-corrected chi connectivity index (χ1v) is 13.3. The lowest BCUT2D eigenvalue weighted by molar-refractivity contribution is 0.255. The number of benzene rings is 2. The van der Waals surface area contributed by atoms with Crippen molar-refractivity contribution in [3.63, 3.8) is 0 Å². The standard InChI is InChI=1S/C27H25F3N4S2/c1-16-14-18(8-11-31-16)26-25(32-27(35-26)17-9-12-34(2)13-10-17)20-4-3-5-22(24(20)30)33-36-23-15-19(28)6-7-21(23)29/h3-8,11,14-15,17,33H,9-10,12-13H2,1-2H3. The van der Waals surface area contributed by atoms with Crippen LogP contribution >= 0.6 is 23.3 Å². The van der Waals surface area contributed by atoms with Gasteiger partial charge >= 0.3 is 0 Å². The Balaban J connectivity index is 1.52. The Hall–Kier alpha value is -2.88. The molecule has 1 aliphatic rings. The number of hydrogen-bond acceptors (Lipinski definition) is 6. The number of nitrogens with zero attached hydrogens (tertiary/aromatic N) is 3. The molecule has 0 radical (unpaired) electrons. The monoisotopic (exact) mass is 526 g/mol. The van der Waals surface area contributed by atoms with Crippen molar-refractivity contribution < 1.29 is 13.2 Å². The molecule has 4 aromatic rings. The fourth-order valence-electron chi connectivity index (χ4n) is 4.29. The highest BCUT2D eigenvalue weighted by atomic mass is 32.2. The minimum atomic E-state index is -0.580. The molecule has 1 N–H and O–H groups in total. The summed E-state index contributed by atoms with van der Waals surface area (Å²) < 4.78 is 46.3. The molecular formula is C27H25F3N4S2. The van der Waals surface area contributed by atoms with E-state index < -0.39 is 17.5 Å². The largest absolute Gasteiger partial charge is 0.323 e. The van der Waals surface area contributed by atoms with Gasteiger partial charge < -0.3 is 9.62 Å². The maximum absolute atomic E-state index is 15.8. The lowest BCUT2D eigenvalue weighted by atomic mass is 9.98. The minimum absolute atomic E-state index is 0.0472. The van der Waals surface area contributed by atoms with Crippen molar-refractivity contribution in [2.45, 2.75) is 30.6 Å². The number of aryl methyl sites for hydroxylation is 1. The number of pyridine rings is 1. The van der Waals surface area contributed by atoms with Crippen LogP contribution in [0, 0.1) is 24.4 Å². The van der Waals surface area contributed by atoms with Gasteiger partial charge in [0.15, 0.2) is 5.82 Å². The second-order valence-electron chi connectivity index (χ2n) is 8.94. The van der Waals surface area contributed by atoms with Crippen LogP contribution in [-0.2, 0) is 0 Å². The summed E-state index contributed by atoms with van der Waals surface area (Å²) in [6, 6.07) is 12.1. The van der Waals surface area contributed by atoms with Gasteiger partial charge in [0.2, 0.25) is 0 Å². The molecule has 0 unspecified atom stereocenters. The Morgan fingerprint density at radius 2 is 1.86 bits per heavy atom. The number of rotatable bonds is 6. The highest BCUT2D eigenvalue weighted by Crippen LogP contribution is 2.43. The highest BCUT2D eigenvalue weighted by Gasteiger charge is 2.26. The van der Waals surface area contributed by atoms with Crippen LogP contribution in [0.3, 0.4) is 0 Å². The summed E-state index contributed by atoms with van der Waals surface area (Å²) in [5, 5.41) is 1.01. The molecule has 5 rings (SSSR count). The molecule has 0 aliphatic carbocycles. The molecular weight excluding hydrogens is 501 g/mol. The van der Waals surface area contributed by atoms with Crippen LogP contribution in [0.15, 0.2) is 59.6 Å². The van der Waals surface area contributed by atoms with Crippen molar-refractivity contribution in [1.82, 2.24) is 14.9 Å². The Morgan fingerprint density at radius 1 is 1.06 bits per heavy atom. The summed E-state index contributed by atoms with van der Waals surface area (Å²) in [5.74, 6) is -1.30. The fraction of sp³-hybridized carbons (Fsp3) is 0.259. The lowest BCUT2D eigenvalue weighted by Gasteiger charge is -2.27. The third-order valence-corrected chi connectivity index (χ3v) is 8.41. The quantitative estimate of drug-likeness (QED) is 0.263. The van der Waals surface area contributed by atoms with Gasteiger partial charge in [0.25, 0.3) is 0 Å². The maximum Gasteiger partial charge on any atom is 0.156 e. The van der Waals surface area contributed by atoms with E-state index in [2.05, 4.69) is 21.7 Å². The number of likely N-dealkylation sites (tertiary alicyclic amines) is 1. The molecule has 2 aromatic heterocycles. The van der Waals surface area contributed by atoms with E-state index in [9.17, 15) is 8.78 Å². The summed E-state index contributed by atoms with van der Waals surface area (Å²) in [6.45, 7) is 3.94. The molecule has 1 fully saturated rings. The van der Waals surface area contributed by atoms with Crippen molar-refractivity contribution in [3.05, 3.63) is 82.9 Å². The van der Waals surface area contributed by atoms with Crippen LogP contribution < -0.4 is 4.72 Å². The normalized spacial score (nSPS) is 14.8. The van der Waals surface area contributed by atoms with Gasteiger partial charge in [-0.3, -0.25) is 4.98 Å². The lowest BCUT2D eigenvalue weighted by Crippen LogP contribution is -2.29. The van der Waals surface area contributed by atoms with Crippen molar-refractivity contribution in [2.24, 2.45) is 0 Å². The van der Waals surface area contributed by atoms with Gasteiger partial charge in [-0.25, -0.2) is 18.2 Å². The molecule has 1 saturated heterocycles. The van der Waals surface area contributed by atoms with E-state index in [0.29, 0.717) is 17.2 Å². The van der Waals surface area contributed by atoms with Gasteiger partial charge in [0, 0.05) is 23.4 Å². The van der Waals surface area contributed by atoms with E-state index in [0.717, 1.165) is 77.2 Å². The van der Waals surface area contributed by atoms with Crippen LogP contribution in [0.5, 0.6) is 0 Å². The summed E-state index contributed by atoms with van der Waals surface area (Å²) in [5.41, 5.74) is 2.94. The van der Waals surface area contributed by atoms with E-state index in [1.165, 1.54) is 0 Å². The minimum Gasteiger partial charge on any atom is -0.323 e. The first-order chi connectivity index (χ1) is 17.4. The van der Waals surface area contributed by atoms with E-state index in [1.807, 2.05) is 19.1 Å². The van der Waals surface area contributed by atoms with E-state index in [4.69, 9.17) is 4.98 Å². The van der Waals surface area contributed by atoms with Gasteiger partial charge in [-0.15, -0.1) is 11.3 Å². The van der Waals surface area contributed by atoms with Gasteiger partial charge in [-0.05, 0) is 99.9 Å². The second-order valence-corrected chi connectivity index (χ2v) is 10.8. The van der Waals surface area contributed by atoms with Crippen molar-refractivity contribution in [1.29, 1.82) is 0 Å². The Kier molecular flexibility index (Phi) is 7.32. The SMILES string of the molecule is Cc1cc(-c2sc(C3CCN(C)CC3)nc2-c2cccc(NSc3cc(F)ccc3F)c2F)ccn1. The molecule has 1 aliphatic heterocycles. The summed E-state index contributed by atoms with van der Waals surface area (Å²) >= 11 is 2.44. The predicted octanol–water partition coefficient (Wildman–Crippen LogP) is 7.53. The van der Waals surface area contributed by atoms with Gasteiger partial charge in [-0.1, -0.05) is 6.07 Å². The van der Waals surface area contributed by atoms with Crippen molar-refractivity contribution in [3.8, 4) is 21.7 Å². The Labute approximate surface area is 216 Å². The fourth-order valence-corrected chi connectivity index (χ4v) is 6.25. The molecule has 3 heterocycles. The zero-order valence-corrected chi connectivity index (χ0v) is 21.5. The number of nitrogens with one attached hydrogen (secondary N) is 1. The first-order valence-electron chi connectivity index (χ1n) is 11.7. The number of aromatic nitrogens is 2. The summed E-state index contributed by atoms with van der Waals surface area (Å²) in [6.07, 6.45) is 3.78. The molecule has 0 atom stereocenters. The van der Waals surface area contributed by atoms with E-state index >= 15 is 4.39 Å². The summed E-state index contributed by atoms with van der Waals surface area (Å²) in [4.78, 5) is 12.5. The molecule has 186 valence electrons. The molecule has 9 heteroatoms. The van der Waals surface area contributed by atoms with Gasteiger partial charge in [0.05, 0.1) is 26.2 Å². The van der Waals surface area contributed by atoms with E-state index in [1.54, 1.807) is 35.7 Å². The number of halogens is 3. The van der Waals surface area contributed by atoms with E-state index in [-0.39, 0.29) is 10.6 Å². The van der Waals surface area contributed by atoms with Crippen LogP contribution in [0.1, 0.15) is 29.5 Å². The van der Waals surface area contributed by atoms with Crippen LogP contribution in [0.25, 0.3) is 21.7 Å². The number of anilines is 1. The second kappa shape index (κ2) is 10.6.